The SMILES string of the molecule is CCOC(=O)CC1(C)c2ccc(C)cc2C(=O)C1[NH3+].[Cl-]. The third kappa shape index (κ3) is 2.58. The predicted octanol–water partition coefficient (Wildman–Crippen LogP) is -1.98. The zero-order valence-electron chi connectivity index (χ0n) is 12.0. The molecule has 0 amide bonds. The number of benzene rings is 1. The first-order valence-electron chi connectivity index (χ1n) is 6.54. The second-order valence-electron chi connectivity index (χ2n) is 5.37. The van der Waals surface area contributed by atoms with Gasteiger partial charge in [0.15, 0.2) is 6.04 Å². The second-order valence-corrected chi connectivity index (χ2v) is 5.37. The molecule has 3 N–H and O–H groups in total. The fourth-order valence-electron chi connectivity index (χ4n) is 2.76. The summed E-state index contributed by atoms with van der Waals surface area (Å²) >= 11 is 0. The van der Waals surface area contributed by atoms with Crippen molar-refractivity contribution in [1.29, 1.82) is 0 Å². The molecule has 1 aliphatic rings. The molecule has 0 saturated carbocycles. The van der Waals surface area contributed by atoms with E-state index in [0.29, 0.717) is 12.2 Å². The Labute approximate surface area is 125 Å². The van der Waals surface area contributed by atoms with Crippen LogP contribution in [-0.4, -0.2) is 24.4 Å². The second kappa shape index (κ2) is 5.94. The van der Waals surface area contributed by atoms with Gasteiger partial charge in [-0.1, -0.05) is 17.7 Å². The van der Waals surface area contributed by atoms with E-state index in [4.69, 9.17) is 4.74 Å². The fraction of sp³-hybridized carbons (Fsp3) is 0.467. The van der Waals surface area contributed by atoms with E-state index in [0.717, 1.165) is 11.1 Å². The summed E-state index contributed by atoms with van der Waals surface area (Å²) in [5.41, 5.74) is 6.06. The van der Waals surface area contributed by atoms with Gasteiger partial charge >= 0.3 is 5.97 Å². The lowest BCUT2D eigenvalue weighted by atomic mass is 9.78. The van der Waals surface area contributed by atoms with Crippen LogP contribution in [0.3, 0.4) is 0 Å². The zero-order valence-corrected chi connectivity index (χ0v) is 12.8. The van der Waals surface area contributed by atoms with Gasteiger partial charge in [-0.25, -0.2) is 0 Å². The minimum absolute atomic E-state index is 0. The van der Waals surface area contributed by atoms with Gasteiger partial charge in [0.05, 0.1) is 18.4 Å². The van der Waals surface area contributed by atoms with Crippen LogP contribution in [0.2, 0.25) is 0 Å². The number of hydrogen-bond donors (Lipinski definition) is 1. The van der Waals surface area contributed by atoms with Crippen LogP contribution in [0.25, 0.3) is 0 Å². The number of rotatable bonds is 3. The highest BCUT2D eigenvalue weighted by atomic mass is 35.5. The highest BCUT2D eigenvalue weighted by Gasteiger charge is 2.51. The predicted molar refractivity (Wildman–Crippen MR) is 70.8 cm³/mol. The van der Waals surface area contributed by atoms with Crippen molar-refractivity contribution in [2.24, 2.45) is 0 Å². The Hall–Kier alpha value is -1.39. The minimum atomic E-state index is -0.563. The van der Waals surface area contributed by atoms with Crippen LogP contribution in [-0.2, 0) is 14.9 Å². The third-order valence-electron chi connectivity index (χ3n) is 3.96. The van der Waals surface area contributed by atoms with Crippen molar-refractivity contribution in [2.75, 3.05) is 6.61 Å². The Kier molecular flexibility index (Phi) is 4.95. The molecule has 0 saturated heterocycles. The maximum atomic E-state index is 12.3. The van der Waals surface area contributed by atoms with Crippen LogP contribution in [0, 0.1) is 6.92 Å². The Balaban J connectivity index is 0.00000200. The summed E-state index contributed by atoms with van der Waals surface area (Å²) in [7, 11) is 0. The lowest BCUT2D eigenvalue weighted by Crippen LogP contribution is -3.00. The number of halogens is 1. The number of Topliss-reactive ketones (excluding diaryl/α,β-unsaturated/α-hetero) is 1. The van der Waals surface area contributed by atoms with Crippen molar-refractivity contribution < 1.29 is 32.5 Å². The zero-order chi connectivity index (χ0) is 14.2. The summed E-state index contributed by atoms with van der Waals surface area (Å²) in [6.45, 7) is 6.00. The fourth-order valence-corrected chi connectivity index (χ4v) is 2.76. The van der Waals surface area contributed by atoms with Crippen LogP contribution in [0.5, 0.6) is 0 Å². The van der Waals surface area contributed by atoms with Crippen molar-refractivity contribution in [2.45, 2.75) is 38.6 Å². The maximum Gasteiger partial charge on any atom is 0.306 e. The van der Waals surface area contributed by atoms with Gasteiger partial charge in [-0.15, -0.1) is 0 Å². The van der Waals surface area contributed by atoms with Gasteiger partial charge in [-0.2, -0.15) is 0 Å². The van der Waals surface area contributed by atoms with E-state index in [1.54, 1.807) is 6.92 Å². The first kappa shape index (κ1) is 16.7. The van der Waals surface area contributed by atoms with Crippen molar-refractivity contribution in [3.8, 4) is 0 Å². The first-order chi connectivity index (χ1) is 8.90. The molecule has 4 nitrogen and oxygen atoms in total. The molecule has 0 bridgehead atoms. The Bertz CT molecular complexity index is 544. The van der Waals surface area contributed by atoms with E-state index in [2.05, 4.69) is 5.73 Å². The summed E-state index contributed by atoms with van der Waals surface area (Å²) in [5, 5.41) is 0. The first-order valence-corrected chi connectivity index (χ1v) is 6.54. The summed E-state index contributed by atoms with van der Waals surface area (Å²) in [6.07, 6.45) is 0.191. The summed E-state index contributed by atoms with van der Waals surface area (Å²) in [5.74, 6) is -0.259. The highest BCUT2D eigenvalue weighted by Crippen LogP contribution is 2.40. The summed E-state index contributed by atoms with van der Waals surface area (Å²) in [6, 6.07) is 5.35. The van der Waals surface area contributed by atoms with Crippen molar-refractivity contribution in [3.63, 3.8) is 0 Å². The smallest absolute Gasteiger partial charge is 0.306 e. The number of quaternary nitrogens is 1. The number of ether oxygens (including phenoxy) is 1. The Morgan fingerprint density at radius 1 is 1.45 bits per heavy atom. The van der Waals surface area contributed by atoms with Crippen LogP contribution in [0.4, 0.5) is 0 Å². The normalized spacial score (nSPS) is 24.0. The van der Waals surface area contributed by atoms with E-state index in [1.807, 2.05) is 32.0 Å². The monoisotopic (exact) mass is 297 g/mol. The van der Waals surface area contributed by atoms with Gasteiger partial charge in [-0.05, 0) is 32.4 Å². The average molecular weight is 298 g/mol. The molecule has 2 rings (SSSR count). The summed E-state index contributed by atoms with van der Waals surface area (Å²) < 4.78 is 5.01. The van der Waals surface area contributed by atoms with Gasteiger partial charge in [-0.3, -0.25) is 9.59 Å². The van der Waals surface area contributed by atoms with E-state index in [1.165, 1.54) is 0 Å². The van der Waals surface area contributed by atoms with E-state index in [9.17, 15) is 9.59 Å². The minimum Gasteiger partial charge on any atom is -1.00 e. The third-order valence-corrected chi connectivity index (χ3v) is 3.96. The van der Waals surface area contributed by atoms with E-state index >= 15 is 0 Å². The van der Waals surface area contributed by atoms with Crippen molar-refractivity contribution in [1.82, 2.24) is 0 Å². The van der Waals surface area contributed by atoms with Gasteiger partial charge < -0.3 is 22.9 Å². The van der Waals surface area contributed by atoms with Gasteiger partial charge in [0.2, 0.25) is 5.78 Å². The van der Waals surface area contributed by atoms with Crippen molar-refractivity contribution in [3.05, 3.63) is 34.9 Å². The van der Waals surface area contributed by atoms with Crippen LogP contribution >= 0.6 is 0 Å². The number of ketones is 1. The topological polar surface area (TPSA) is 71.0 Å². The Morgan fingerprint density at radius 3 is 2.70 bits per heavy atom. The molecule has 1 aromatic rings. The quantitative estimate of drug-likeness (QED) is 0.657. The molecular weight excluding hydrogens is 278 g/mol. The molecule has 2 atom stereocenters. The summed E-state index contributed by atoms with van der Waals surface area (Å²) in [4.78, 5) is 24.1. The molecule has 2 unspecified atom stereocenters. The largest absolute Gasteiger partial charge is 1.00 e. The molecular formula is C15H20ClNO3. The molecule has 110 valence electrons. The molecule has 0 aliphatic heterocycles. The molecule has 1 aromatic carbocycles. The van der Waals surface area contributed by atoms with Gasteiger partial charge in [0, 0.05) is 5.56 Å². The molecule has 0 spiro atoms. The highest BCUT2D eigenvalue weighted by molar-refractivity contribution is 6.06. The van der Waals surface area contributed by atoms with Crippen LogP contribution in [0.15, 0.2) is 18.2 Å². The lowest BCUT2D eigenvalue weighted by molar-refractivity contribution is -0.412. The van der Waals surface area contributed by atoms with E-state index in [-0.39, 0.29) is 30.6 Å². The number of hydrogen-bond acceptors (Lipinski definition) is 3. The van der Waals surface area contributed by atoms with Crippen LogP contribution in [0.1, 0.15) is 41.8 Å². The number of esters is 1. The van der Waals surface area contributed by atoms with Crippen molar-refractivity contribution >= 4 is 11.8 Å². The standard InChI is InChI=1S/C15H19NO3.ClH/c1-4-19-12(17)8-15(3)11-6-5-9(2)7-10(11)13(18)14(15)16;/h5-7,14H,4,8,16H2,1-3H3;1H. The number of fused-ring (bicyclic) bond motifs is 1. The maximum absolute atomic E-state index is 12.3. The molecule has 0 fully saturated rings. The molecule has 0 aromatic heterocycles. The number of carbonyl (C=O) groups excluding carboxylic acids is 2. The van der Waals surface area contributed by atoms with Gasteiger partial charge in [0.25, 0.3) is 0 Å². The average Bonchev–Trinajstić information content (AvgIpc) is 2.52. The van der Waals surface area contributed by atoms with Gasteiger partial charge in [0.1, 0.15) is 0 Å². The molecule has 1 aliphatic carbocycles. The molecule has 0 radical (unpaired) electrons. The number of aryl methyl sites for hydroxylation is 1. The van der Waals surface area contributed by atoms with Crippen LogP contribution < -0.4 is 18.1 Å². The number of carbonyl (C=O) groups is 2. The lowest BCUT2D eigenvalue weighted by Gasteiger charge is -2.25. The van der Waals surface area contributed by atoms with E-state index < -0.39 is 11.5 Å². The molecule has 0 heterocycles. The molecule has 20 heavy (non-hydrogen) atoms. The Morgan fingerprint density at radius 2 is 2.10 bits per heavy atom. The molecule has 5 heteroatoms.